The number of hydrogen-bond donors (Lipinski definition) is 2. The van der Waals surface area contributed by atoms with Crippen molar-refractivity contribution in [3.8, 4) is 0 Å². The third-order valence-electron chi connectivity index (χ3n) is 3.22. The highest BCUT2D eigenvalue weighted by Crippen LogP contribution is 2.44. The minimum absolute atomic E-state index is 0.0644. The Kier molecular flexibility index (Phi) is 2.88. The van der Waals surface area contributed by atoms with E-state index in [1.807, 2.05) is 0 Å². The van der Waals surface area contributed by atoms with E-state index in [1.165, 1.54) is 0 Å². The third-order valence-corrected chi connectivity index (χ3v) is 3.22. The number of hydrogen-bond acceptors (Lipinski definition) is 4. The number of aliphatic hydroxyl groups is 1. The van der Waals surface area contributed by atoms with E-state index in [4.69, 9.17) is 5.11 Å². The smallest absolute Gasteiger partial charge is 0.377 e. The van der Waals surface area contributed by atoms with E-state index in [1.54, 1.807) is 0 Å². The Morgan fingerprint density at radius 2 is 2.19 bits per heavy atom. The van der Waals surface area contributed by atoms with Gasteiger partial charge in [-0.25, -0.2) is 4.79 Å². The molecule has 16 heavy (non-hydrogen) atoms. The Morgan fingerprint density at radius 3 is 2.62 bits per heavy atom. The summed E-state index contributed by atoms with van der Waals surface area (Å²) in [5.74, 6) is -4.76. The Morgan fingerprint density at radius 1 is 1.50 bits per heavy atom. The SMILES string of the molecule is O=C1OC(CNCC2(CO)CC2)CC1(F)F. The first-order valence-electron chi connectivity index (χ1n) is 5.38. The van der Waals surface area contributed by atoms with Crippen LogP contribution in [-0.4, -0.2) is 42.8 Å². The second-order valence-electron chi connectivity index (χ2n) is 4.72. The fourth-order valence-electron chi connectivity index (χ4n) is 1.83. The molecule has 1 atom stereocenters. The van der Waals surface area contributed by atoms with E-state index in [2.05, 4.69) is 10.1 Å². The van der Waals surface area contributed by atoms with Gasteiger partial charge in [-0.1, -0.05) is 0 Å². The van der Waals surface area contributed by atoms with Gasteiger partial charge in [-0.05, 0) is 12.8 Å². The molecule has 0 aromatic rings. The fraction of sp³-hybridized carbons (Fsp3) is 0.900. The lowest BCUT2D eigenvalue weighted by atomic mass is 10.1. The molecule has 1 aliphatic carbocycles. The largest absolute Gasteiger partial charge is 0.456 e. The van der Waals surface area contributed by atoms with Gasteiger partial charge in [0.1, 0.15) is 6.10 Å². The molecule has 0 aromatic carbocycles. The summed E-state index contributed by atoms with van der Waals surface area (Å²) < 4.78 is 30.1. The normalized spacial score (nSPS) is 30.2. The average Bonchev–Trinajstić information content (AvgIpc) is 2.92. The summed E-state index contributed by atoms with van der Waals surface area (Å²) in [6.45, 7) is 0.923. The van der Waals surface area contributed by atoms with Crippen LogP contribution in [0.5, 0.6) is 0 Å². The number of ether oxygens (including phenoxy) is 1. The molecule has 2 rings (SSSR count). The minimum Gasteiger partial charge on any atom is -0.456 e. The van der Waals surface area contributed by atoms with Crippen LogP contribution in [0.4, 0.5) is 8.78 Å². The van der Waals surface area contributed by atoms with Crippen LogP contribution in [-0.2, 0) is 9.53 Å². The van der Waals surface area contributed by atoms with Gasteiger partial charge in [0.15, 0.2) is 0 Å². The molecule has 1 aliphatic heterocycles. The number of cyclic esters (lactones) is 1. The van der Waals surface area contributed by atoms with Crippen molar-refractivity contribution in [2.75, 3.05) is 19.7 Å². The van der Waals surface area contributed by atoms with Crippen molar-refractivity contribution in [2.45, 2.75) is 31.3 Å². The molecule has 2 N–H and O–H groups in total. The maximum Gasteiger partial charge on any atom is 0.377 e. The molecule has 0 spiro atoms. The zero-order valence-corrected chi connectivity index (χ0v) is 8.84. The van der Waals surface area contributed by atoms with E-state index >= 15 is 0 Å². The molecule has 1 saturated heterocycles. The summed E-state index contributed by atoms with van der Waals surface area (Å²) in [7, 11) is 0. The summed E-state index contributed by atoms with van der Waals surface area (Å²) in [5, 5.41) is 12.0. The molecule has 6 heteroatoms. The summed E-state index contributed by atoms with van der Waals surface area (Å²) >= 11 is 0. The lowest BCUT2D eigenvalue weighted by molar-refractivity contribution is -0.159. The van der Waals surface area contributed by atoms with Crippen LogP contribution in [0.1, 0.15) is 19.3 Å². The molecule has 2 aliphatic rings. The molecule has 92 valence electrons. The lowest BCUT2D eigenvalue weighted by Crippen LogP contribution is -2.33. The van der Waals surface area contributed by atoms with E-state index in [9.17, 15) is 13.6 Å². The molecule has 1 saturated carbocycles. The Balaban J connectivity index is 1.70. The van der Waals surface area contributed by atoms with Crippen molar-refractivity contribution in [2.24, 2.45) is 5.41 Å². The Bertz CT molecular complexity index is 292. The molecule has 1 heterocycles. The second-order valence-corrected chi connectivity index (χ2v) is 4.72. The molecule has 0 radical (unpaired) electrons. The van der Waals surface area contributed by atoms with Crippen molar-refractivity contribution in [1.82, 2.24) is 5.32 Å². The number of carbonyl (C=O) groups is 1. The predicted octanol–water partition coefficient (Wildman–Crippen LogP) is 0.299. The monoisotopic (exact) mass is 235 g/mol. The van der Waals surface area contributed by atoms with Crippen molar-refractivity contribution in [3.63, 3.8) is 0 Å². The van der Waals surface area contributed by atoms with Crippen LogP contribution in [0.15, 0.2) is 0 Å². The quantitative estimate of drug-likeness (QED) is 0.673. The summed E-state index contributed by atoms with van der Waals surface area (Å²) in [5.41, 5.74) is -0.0644. The van der Waals surface area contributed by atoms with E-state index in [-0.39, 0.29) is 18.6 Å². The van der Waals surface area contributed by atoms with Gasteiger partial charge in [-0.3, -0.25) is 0 Å². The van der Waals surface area contributed by atoms with Gasteiger partial charge >= 0.3 is 11.9 Å². The summed E-state index contributed by atoms with van der Waals surface area (Å²) in [6.07, 6.45) is 0.608. The van der Waals surface area contributed by atoms with Gasteiger partial charge in [0.2, 0.25) is 0 Å². The standard InChI is InChI=1S/C10H15F2NO3/c11-10(12)3-7(16-8(10)15)4-13-5-9(6-14)1-2-9/h7,13-14H,1-6H2. The maximum atomic E-state index is 12.8. The number of halogens is 2. The van der Waals surface area contributed by atoms with Crippen LogP contribution in [0.2, 0.25) is 0 Å². The first kappa shape index (κ1) is 11.7. The van der Waals surface area contributed by atoms with Crippen molar-refractivity contribution >= 4 is 5.97 Å². The van der Waals surface area contributed by atoms with Crippen LogP contribution in [0.25, 0.3) is 0 Å². The predicted molar refractivity (Wildman–Crippen MR) is 51.1 cm³/mol. The number of esters is 1. The summed E-state index contributed by atoms with van der Waals surface area (Å²) in [4.78, 5) is 10.7. The highest BCUT2D eigenvalue weighted by molar-refractivity contribution is 5.79. The van der Waals surface area contributed by atoms with Crippen LogP contribution in [0, 0.1) is 5.41 Å². The molecule has 1 unspecified atom stereocenters. The maximum absolute atomic E-state index is 12.8. The number of alkyl halides is 2. The molecule has 0 aromatic heterocycles. The zero-order valence-electron chi connectivity index (χ0n) is 8.84. The van der Waals surface area contributed by atoms with Crippen LogP contribution < -0.4 is 5.32 Å². The Labute approximate surface area is 92.0 Å². The first-order valence-corrected chi connectivity index (χ1v) is 5.38. The zero-order chi connectivity index (χ0) is 11.8. The number of rotatable bonds is 5. The third kappa shape index (κ3) is 2.32. The van der Waals surface area contributed by atoms with E-state index in [0.717, 1.165) is 12.8 Å². The van der Waals surface area contributed by atoms with E-state index < -0.39 is 24.4 Å². The van der Waals surface area contributed by atoms with Crippen molar-refractivity contribution in [1.29, 1.82) is 0 Å². The fourth-order valence-corrected chi connectivity index (χ4v) is 1.83. The van der Waals surface area contributed by atoms with Gasteiger partial charge < -0.3 is 15.2 Å². The van der Waals surface area contributed by atoms with Crippen LogP contribution in [0.3, 0.4) is 0 Å². The first-order chi connectivity index (χ1) is 7.47. The highest BCUT2D eigenvalue weighted by atomic mass is 19.3. The highest BCUT2D eigenvalue weighted by Gasteiger charge is 2.50. The molecule has 2 fully saturated rings. The topological polar surface area (TPSA) is 58.6 Å². The molecular weight excluding hydrogens is 220 g/mol. The minimum atomic E-state index is -3.33. The molecule has 0 amide bonds. The number of aliphatic hydroxyl groups excluding tert-OH is 1. The molecule has 0 bridgehead atoms. The lowest BCUT2D eigenvalue weighted by Gasteiger charge is -2.14. The van der Waals surface area contributed by atoms with Crippen LogP contribution >= 0.6 is 0 Å². The second kappa shape index (κ2) is 3.92. The van der Waals surface area contributed by atoms with Crippen molar-refractivity contribution in [3.05, 3.63) is 0 Å². The number of nitrogens with one attached hydrogen (secondary N) is 1. The van der Waals surface area contributed by atoms with Crippen molar-refractivity contribution < 1.29 is 23.4 Å². The van der Waals surface area contributed by atoms with Gasteiger partial charge in [0, 0.05) is 25.1 Å². The summed E-state index contributed by atoms with van der Waals surface area (Å²) in [6, 6.07) is 0. The number of carbonyl (C=O) groups excluding carboxylic acids is 1. The van der Waals surface area contributed by atoms with Gasteiger partial charge in [0.25, 0.3) is 0 Å². The van der Waals surface area contributed by atoms with Gasteiger partial charge in [0.05, 0.1) is 6.42 Å². The molecule has 4 nitrogen and oxygen atoms in total. The van der Waals surface area contributed by atoms with Gasteiger partial charge in [-0.2, -0.15) is 8.78 Å². The Hall–Kier alpha value is -0.750. The molecular formula is C10H15F2NO3. The van der Waals surface area contributed by atoms with Gasteiger partial charge in [-0.15, -0.1) is 0 Å². The average molecular weight is 235 g/mol. The van der Waals surface area contributed by atoms with E-state index in [0.29, 0.717) is 6.54 Å².